The van der Waals surface area contributed by atoms with Gasteiger partial charge in [0.15, 0.2) is 0 Å². The minimum atomic E-state index is 0.711. The van der Waals surface area contributed by atoms with E-state index in [4.69, 9.17) is 0 Å². The van der Waals surface area contributed by atoms with E-state index in [1.54, 1.807) is 0 Å². The molecule has 2 aliphatic rings. The number of rotatable bonds is 2. The summed E-state index contributed by atoms with van der Waals surface area (Å²) in [5.74, 6) is 3.28. The van der Waals surface area contributed by atoms with E-state index >= 15 is 0 Å². The van der Waals surface area contributed by atoms with Gasteiger partial charge in [0, 0.05) is 24.2 Å². The Morgan fingerprint density at radius 1 is 0.524 bits per heavy atom. The first kappa shape index (κ1) is 17.3. The molecule has 2 rings (SSSR count). The predicted molar refractivity (Wildman–Crippen MR) is 92.3 cm³/mol. The lowest BCUT2D eigenvalue weighted by atomic mass is 9.80. The number of likely N-dealkylation sites (tertiary alicyclic amines) is 2. The van der Waals surface area contributed by atoms with Crippen LogP contribution in [0.3, 0.4) is 0 Å². The van der Waals surface area contributed by atoms with E-state index in [1.165, 1.54) is 12.8 Å². The summed E-state index contributed by atoms with van der Waals surface area (Å²) in [7, 11) is 0. The lowest BCUT2D eigenvalue weighted by Crippen LogP contribution is -2.60. The molecule has 2 saturated heterocycles. The zero-order valence-electron chi connectivity index (χ0n) is 15.6. The Labute approximate surface area is 133 Å². The minimum Gasteiger partial charge on any atom is -0.285 e. The zero-order valence-corrected chi connectivity index (χ0v) is 15.6. The lowest BCUT2D eigenvalue weighted by molar-refractivity contribution is -0.0690. The van der Waals surface area contributed by atoms with Crippen LogP contribution in [-0.2, 0) is 0 Å². The summed E-state index contributed by atoms with van der Waals surface area (Å²) >= 11 is 0. The summed E-state index contributed by atoms with van der Waals surface area (Å²) in [6.07, 6.45) is 2.77. The van der Waals surface area contributed by atoms with Gasteiger partial charge < -0.3 is 0 Å². The van der Waals surface area contributed by atoms with Crippen LogP contribution in [0.2, 0.25) is 0 Å². The predicted octanol–water partition coefficient (Wildman–Crippen LogP) is 4.45. The first-order valence-electron chi connectivity index (χ1n) is 9.25. The Morgan fingerprint density at radius 3 is 1.00 bits per heavy atom. The highest BCUT2D eigenvalue weighted by atomic mass is 15.4. The molecule has 0 bridgehead atoms. The van der Waals surface area contributed by atoms with Crippen LogP contribution in [0, 0.1) is 23.7 Å². The van der Waals surface area contributed by atoms with E-state index in [0.717, 1.165) is 30.3 Å². The van der Waals surface area contributed by atoms with Crippen LogP contribution < -0.4 is 0 Å². The second-order valence-corrected chi connectivity index (χ2v) is 8.51. The molecule has 2 heterocycles. The fourth-order valence-corrected chi connectivity index (χ4v) is 4.71. The van der Waals surface area contributed by atoms with Gasteiger partial charge in [0.2, 0.25) is 0 Å². The Morgan fingerprint density at radius 2 is 0.762 bits per heavy atom. The third kappa shape index (κ3) is 3.32. The topological polar surface area (TPSA) is 6.48 Å². The van der Waals surface area contributed by atoms with E-state index in [0.29, 0.717) is 24.2 Å². The smallest absolute Gasteiger partial charge is 0.0516 e. The average molecular weight is 295 g/mol. The molecule has 0 radical (unpaired) electrons. The highest BCUT2D eigenvalue weighted by Gasteiger charge is 2.40. The first-order valence-corrected chi connectivity index (χ1v) is 9.25. The zero-order chi connectivity index (χ0) is 15.9. The molecule has 2 aliphatic heterocycles. The van der Waals surface area contributed by atoms with Crippen molar-refractivity contribution in [2.75, 3.05) is 6.67 Å². The maximum Gasteiger partial charge on any atom is 0.0516 e. The van der Waals surface area contributed by atoms with Gasteiger partial charge in [-0.1, -0.05) is 27.7 Å². The molecule has 2 heteroatoms. The summed E-state index contributed by atoms with van der Waals surface area (Å²) < 4.78 is 0. The molecule has 0 aromatic rings. The number of nitrogens with zero attached hydrogens (tertiary/aromatic N) is 2. The second kappa shape index (κ2) is 6.58. The number of piperidine rings is 2. The summed E-state index contributed by atoms with van der Waals surface area (Å²) in [4.78, 5) is 5.58. The molecular weight excluding hydrogens is 256 g/mol. The molecule has 2 fully saturated rings. The monoisotopic (exact) mass is 294 g/mol. The van der Waals surface area contributed by atoms with Gasteiger partial charge >= 0.3 is 0 Å². The molecule has 0 aromatic heterocycles. The minimum absolute atomic E-state index is 0.711. The highest BCUT2D eigenvalue weighted by Crippen LogP contribution is 2.36. The molecule has 0 unspecified atom stereocenters. The lowest BCUT2D eigenvalue weighted by Gasteiger charge is -2.53. The van der Waals surface area contributed by atoms with Crippen molar-refractivity contribution in [3.63, 3.8) is 0 Å². The molecule has 124 valence electrons. The van der Waals surface area contributed by atoms with E-state index < -0.39 is 0 Å². The molecule has 0 aromatic carbocycles. The number of hydrogen-bond acceptors (Lipinski definition) is 2. The normalized spacial score (nSPS) is 50.3. The van der Waals surface area contributed by atoms with Gasteiger partial charge in [0.25, 0.3) is 0 Å². The Bertz CT molecular complexity index is 282. The third-order valence-electron chi connectivity index (χ3n) is 7.20. The fourth-order valence-electron chi connectivity index (χ4n) is 4.71. The van der Waals surface area contributed by atoms with E-state index in [9.17, 15) is 0 Å². The van der Waals surface area contributed by atoms with Crippen LogP contribution >= 0.6 is 0 Å². The van der Waals surface area contributed by atoms with Gasteiger partial charge in [-0.05, 0) is 64.2 Å². The molecule has 0 N–H and O–H groups in total. The molecule has 21 heavy (non-hydrogen) atoms. The van der Waals surface area contributed by atoms with E-state index in [1.807, 2.05) is 0 Å². The molecule has 0 spiro atoms. The van der Waals surface area contributed by atoms with Gasteiger partial charge in [-0.25, -0.2) is 0 Å². The first-order chi connectivity index (χ1) is 9.73. The van der Waals surface area contributed by atoms with Crippen LogP contribution in [0.5, 0.6) is 0 Å². The van der Waals surface area contributed by atoms with E-state index in [2.05, 4.69) is 65.2 Å². The van der Waals surface area contributed by atoms with Gasteiger partial charge in [-0.2, -0.15) is 0 Å². The summed E-state index contributed by atoms with van der Waals surface area (Å²) in [6.45, 7) is 20.7. The molecule has 8 atom stereocenters. The Balaban J connectivity index is 2.13. The standard InChI is InChI=1S/C19H38N2/c1-12-9-13(2)17(6)20(16(12)5)11-21-18(7)14(3)10-15(4)19(21)8/h12-19H,9-11H2,1-8H3/t12-,13+,14-,15+,16-,17+,18-,19+. The van der Waals surface area contributed by atoms with Gasteiger partial charge in [0.1, 0.15) is 0 Å². The van der Waals surface area contributed by atoms with Gasteiger partial charge in [-0.15, -0.1) is 0 Å². The average Bonchev–Trinajstić information content (AvgIpc) is 2.42. The quantitative estimate of drug-likeness (QED) is 0.742. The van der Waals surface area contributed by atoms with Crippen molar-refractivity contribution >= 4 is 0 Å². The van der Waals surface area contributed by atoms with Crippen LogP contribution in [0.25, 0.3) is 0 Å². The molecular formula is C19H38N2. The van der Waals surface area contributed by atoms with Crippen LogP contribution in [0.4, 0.5) is 0 Å². The van der Waals surface area contributed by atoms with Crippen LogP contribution in [0.1, 0.15) is 68.2 Å². The molecule has 0 amide bonds. The van der Waals surface area contributed by atoms with Crippen molar-refractivity contribution in [1.29, 1.82) is 0 Å². The van der Waals surface area contributed by atoms with Gasteiger partial charge in [-0.3, -0.25) is 9.80 Å². The molecule has 0 aliphatic carbocycles. The fraction of sp³-hybridized carbons (Fsp3) is 1.00. The SMILES string of the molecule is C[C@@H]1C[C@H](C)[C@H](C)N(CN2[C@H](C)[C@H](C)C[C@H](C)[C@@H]2C)[C@@H]1C. The van der Waals surface area contributed by atoms with Crippen LogP contribution in [-0.4, -0.2) is 40.6 Å². The van der Waals surface area contributed by atoms with Crippen molar-refractivity contribution in [3.8, 4) is 0 Å². The largest absolute Gasteiger partial charge is 0.285 e. The maximum absolute atomic E-state index is 2.79. The van der Waals surface area contributed by atoms with Crippen molar-refractivity contribution in [3.05, 3.63) is 0 Å². The van der Waals surface area contributed by atoms with Crippen molar-refractivity contribution < 1.29 is 0 Å². The molecule has 2 nitrogen and oxygen atoms in total. The summed E-state index contributed by atoms with van der Waals surface area (Å²) in [5, 5.41) is 0. The van der Waals surface area contributed by atoms with Gasteiger partial charge in [0.05, 0.1) is 6.67 Å². The van der Waals surface area contributed by atoms with Crippen LogP contribution in [0.15, 0.2) is 0 Å². The summed E-state index contributed by atoms with van der Waals surface area (Å²) in [5.41, 5.74) is 0. The molecule has 0 saturated carbocycles. The van der Waals surface area contributed by atoms with Crippen molar-refractivity contribution in [2.45, 2.75) is 92.4 Å². The summed E-state index contributed by atoms with van der Waals surface area (Å²) in [6, 6.07) is 2.84. The number of hydrogen-bond donors (Lipinski definition) is 0. The van der Waals surface area contributed by atoms with Crippen molar-refractivity contribution in [2.24, 2.45) is 23.7 Å². The maximum atomic E-state index is 2.79. The van der Waals surface area contributed by atoms with E-state index in [-0.39, 0.29) is 0 Å². The Kier molecular flexibility index (Phi) is 5.41. The third-order valence-corrected chi connectivity index (χ3v) is 7.20. The van der Waals surface area contributed by atoms with Crippen molar-refractivity contribution in [1.82, 2.24) is 9.80 Å². The highest BCUT2D eigenvalue weighted by molar-refractivity contribution is 4.92. The second-order valence-electron chi connectivity index (χ2n) is 8.51. The Hall–Kier alpha value is -0.0800.